The lowest BCUT2D eigenvalue weighted by Crippen LogP contribution is -2.15. The van der Waals surface area contributed by atoms with Crippen LogP contribution in [0.1, 0.15) is 33.1 Å². The van der Waals surface area contributed by atoms with E-state index in [1.807, 2.05) is 73.2 Å². The van der Waals surface area contributed by atoms with Crippen LogP contribution >= 0.6 is 0 Å². The van der Waals surface area contributed by atoms with Crippen molar-refractivity contribution in [3.05, 3.63) is 65.1 Å². The lowest BCUT2D eigenvalue weighted by atomic mass is 9.97. The minimum absolute atomic E-state index is 0.224. The second-order valence-corrected chi connectivity index (χ2v) is 12.3. The number of rotatable bonds is 15. The predicted molar refractivity (Wildman–Crippen MR) is 196 cm³/mol. The molecule has 1 N–H and O–H groups in total. The van der Waals surface area contributed by atoms with E-state index < -0.39 is 0 Å². The zero-order chi connectivity index (χ0) is 34.7. The number of methoxy groups -OCH3 is 3. The molecule has 0 bridgehead atoms. The lowest BCUT2D eigenvalue weighted by Gasteiger charge is -2.15. The third-order valence-corrected chi connectivity index (χ3v) is 8.62. The third kappa shape index (κ3) is 6.40. The topological polar surface area (TPSA) is 95.9 Å². The summed E-state index contributed by atoms with van der Waals surface area (Å²) in [6.07, 6.45) is 4.51. The maximum absolute atomic E-state index is 14.1. The third-order valence-electron chi connectivity index (χ3n) is 8.62. The number of aromatic nitrogens is 2. The van der Waals surface area contributed by atoms with Gasteiger partial charge in [0.1, 0.15) is 5.52 Å². The smallest absolute Gasteiger partial charge is 0.273 e. The number of H-pyrrole nitrogens is 1. The zero-order valence-electron chi connectivity index (χ0n) is 29.4. The first-order valence-corrected chi connectivity index (χ1v) is 16.8. The summed E-state index contributed by atoms with van der Waals surface area (Å²) in [4.78, 5) is 19.4. The van der Waals surface area contributed by atoms with Crippen LogP contribution in [0.4, 0.5) is 0 Å². The first-order chi connectivity index (χ1) is 23.8. The van der Waals surface area contributed by atoms with E-state index in [1.54, 1.807) is 21.3 Å². The van der Waals surface area contributed by atoms with Gasteiger partial charge >= 0.3 is 0 Å². The van der Waals surface area contributed by atoms with Gasteiger partial charge < -0.3 is 42.7 Å². The van der Waals surface area contributed by atoms with Gasteiger partial charge in [-0.15, -0.1) is 0 Å². The number of pyridine rings is 2. The monoisotopic (exact) mass is 667 g/mol. The van der Waals surface area contributed by atoms with E-state index in [-0.39, 0.29) is 5.56 Å². The Hall–Kier alpha value is -5.09. The lowest BCUT2D eigenvalue weighted by molar-refractivity contribution is 0.268. The fourth-order valence-corrected chi connectivity index (χ4v) is 6.37. The number of ether oxygens (including phenoxy) is 6. The van der Waals surface area contributed by atoms with Gasteiger partial charge in [-0.1, -0.05) is 19.9 Å². The molecule has 10 heteroatoms. The van der Waals surface area contributed by atoms with Crippen molar-refractivity contribution in [1.82, 2.24) is 14.3 Å². The molecule has 6 rings (SSSR count). The molecule has 0 aliphatic carbocycles. The van der Waals surface area contributed by atoms with Crippen LogP contribution in [0.5, 0.6) is 34.5 Å². The molecule has 3 aromatic carbocycles. The van der Waals surface area contributed by atoms with E-state index in [0.717, 1.165) is 64.0 Å². The average Bonchev–Trinajstić information content (AvgIpc) is 3.47. The molecule has 0 radical (unpaired) electrons. The molecule has 0 aliphatic heterocycles. The highest BCUT2D eigenvalue weighted by Gasteiger charge is 2.24. The van der Waals surface area contributed by atoms with Crippen molar-refractivity contribution in [1.29, 1.82) is 0 Å². The van der Waals surface area contributed by atoms with Crippen molar-refractivity contribution in [3.63, 3.8) is 0 Å². The first-order valence-electron chi connectivity index (χ1n) is 16.8. The van der Waals surface area contributed by atoms with E-state index >= 15 is 0 Å². The molecular formula is C39H45N3O7. The van der Waals surface area contributed by atoms with Crippen LogP contribution in [0.3, 0.4) is 0 Å². The zero-order valence-corrected chi connectivity index (χ0v) is 29.4. The standard InChI is InChI=1S/C39H45N3O7/c1-8-16-47-32-20-25(11-12-29(32)44-5)35-36-27-22-31(46-7)34(49-18-10-14-41(3)4)23-28(27)40-39(43)38(36)42-15-13-24-19-33(48-17-9-2)30(45-6)21-26(24)37(35)42/h11-13,15,19-23H,8-10,14,16-18H2,1-7H3,(H,40,43). The minimum Gasteiger partial charge on any atom is -0.493 e. The molecule has 3 heterocycles. The molecule has 0 saturated carbocycles. The summed E-state index contributed by atoms with van der Waals surface area (Å²) in [6, 6.07) is 15.7. The second-order valence-electron chi connectivity index (χ2n) is 12.3. The quantitative estimate of drug-likeness (QED) is 0.111. The van der Waals surface area contributed by atoms with Gasteiger partial charge in [-0.05, 0) is 80.7 Å². The molecule has 6 aromatic rings. The number of aromatic amines is 1. The Morgan fingerprint density at radius 3 is 1.98 bits per heavy atom. The van der Waals surface area contributed by atoms with Gasteiger partial charge in [0.15, 0.2) is 34.5 Å². The van der Waals surface area contributed by atoms with Gasteiger partial charge in [-0.3, -0.25) is 4.79 Å². The number of hydrogen-bond donors (Lipinski definition) is 1. The van der Waals surface area contributed by atoms with E-state index in [0.29, 0.717) is 65.4 Å². The summed E-state index contributed by atoms with van der Waals surface area (Å²) in [5.41, 5.74) is 3.52. The normalized spacial score (nSPS) is 11.6. The molecule has 0 saturated heterocycles. The summed E-state index contributed by atoms with van der Waals surface area (Å²) in [6.45, 7) is 6.65. The van der Waals surface area contributed by atoms with Crippen LogP contribution in [0.25, 0.3) is 49.2 Å². The Bertz CT molecular complexity index is 2180. The van der Waals surface area contributed by atoms with Crippen LogP contribution < -0.4 is 34.0 Å². The van der Waals surface area contributed by atoms with Crippen LogP contribution in [-0.2, 0) is 0 Å². The molecule has 3 aromatic heterocycles. The van der Waals surface area contributed by atoms with Gasteiger partial charge in [0.2, 0.25) is 0 Å². The van der Waals surface area contributed by atoms with Crippen LogP contribution in [0.15, 0.2) is 59.5 Å². The van der Waals surface area contributed by atoms with Crippen LogP contribution in [0, 0.1) is 0 Å². The highest BCUT2D eigenvalue weighted by atomic mass is 16.5. The Labute approximate surface area is 286 Å². The van der Waals surface area contributed by atoms with Gasteiger partial charge in [-0.25, -0.2) is 0 Å². The molecular weight excluding hydrogens is 622 g/mol. The summed E-state index contributed by atoms with van der Waals surface area (Å²) in [5.74, 6) is 3.70. The van der Waals surface area contributed by atoms with Crippen molar-refractivity contribution < 1.29 is 28.4 Å². The van der Waals surface area contributed by atoms with Crippen LogP contribution in [-0.4, -0.2) is 76.1 Å². The van der Waals surface area contributed by atoms with E-state index in [2.05, 4.69) is 23.7 Å². The number of nitrogens with one attached hydrogen (secondary N) is 1. The molecule has 10 nitrogen and oxygen atoms in total. The molecule has 258 valence electrons. The molecule has 0 spiro atoms. The molecule has 0 amide bonds. The summed E-state index contributed by atoms with van der Waals surface area (Å²) in [7, 11) is 8.97. The Kier molecular flexibility index (Phi) is 10.1. The van der Waals surface area contributed by atoms with E-state index in [1.165, 1.54) is 0 Å². The summed E-state index contributed by atoms with van der Waals surface area (Å²) < 4.78 is 37.7. The Balaban J connectivity index is 1.71. The van der Waals surface area contributed by atoms with Crippen molar-refractivity contribution in [2.45, 2.75) is 33.1 Å². The van der Waals surface area contributed by atoms with E-state index in [9.17, 15) is 4.79 Å². The summed E-state index contributed by atoms with van der Waals surface area (Å²) >= 11 is 0. The van der Waals surface area contributed by atoms with Gasteiger partial charge in [0, 0.05) is 40.5 Å². The largest absolute Gasteiger partial charge is 0.493 e. The molecule has 49 heavy (non-hydrogen) atoms. The fourth-order valence-electron chi connectivity index (χ4n) is 6.37. The van der Waals surface area contributed by atoms with Gasteiger partial charge in [0.25, 0.3) is 5.56 Å². The maximum atomic E-state index is 14.1. The first kappa shape index (κ1) is 33.8. The molecule has 0 aliphatic rings. The Morgan fingerprint density at radius 1 is 0.694 bits per heavy atom. The Morgan fingerprint density at radius 2 is 1.33 bits per heavy atom. The van der Waals surface area contributed by atoms with Crippen LogP contribution in [0.2, 0.25) is 0 Å². The van der Waals surface area contributed by atoms with Crippen molar-refractivity contribution in [3.8, 4) is 45.6 Å². The SMILES string of the molecule is CCCOc1cc(-c2c3c4cc(OC)c(OCCCN(C)C)cc4[nH]c(=O)c3n3ccc4cc(OCCC)c(OC)cc4c23)ccc1OC. The molecule has 0 atom stereocenters. The van der Waals surface area contributed by atoms with E-state index in [4.69, 9.17) is 28.4 Å². The van der Waals surface area contributed by atoms with Crippen molar-refractivity contribution in [2.75, 3.05) is 61.8 Å². The fraction of sp³-hybridized carbons (Fsp3) is 0.359. The van der Waals surface area contributed by atoms with Gasteiger partial charge in [0.05, 0.1) is 52.2 Å². The number of fused-ring (bicyclic) bond motifs is 7. The number of benzene rings is 3. The van der Waals surface area contributed by atoms with Crippen molar-refractivity contribution >= 4 is 38.1 Å². The number of nitrogens with zero attached hydrogens (tertiary/aromatic N) is 2. The van der Waals surface area contributed by atoms with Gasteiger partial charge in [-0.2, -0.15) is 0 Å². The van der Waals surface area contributed by atoms with Crippen molar-refractivity contribution in [2.24, 2.45) is 0 Å². The maximum Gasteiger partial charge on any atom is 0.273 e. The highest BCUT2D eigenvalue weighted by molar-refractivity contribution is 6.22. The minimum atomic E-state index is -0.224. The molecule has 0 unspecified atom stereocenters. The highest BCUT2D eigenvalue weighted by Crippen LogP contribution is 2.46. The predicted octanol–water partition coefficient (Wildman–Crippen LogP) is 7.69. The number of hydrogen-bond acceptors (Lipinski definition) is 8. The summed E-state index contributed by atoms with van der Waals surface area (Å²) in [5, 5.41) is 3.45. The molecule has 0 fully saturated rings. The second kappa shape index (κ2) is 14.6. The average molecular weight is 668 g/mol.